The average molecular weight is 568 g/mol. The molecule has 188 valence electrons. The van der Waals surface area contributed by atoms with Crippen molar-refractivity contribution in [3.05, 3.63) is 105 Å². The second kappa shape index (κ2) is 11.3. The van der Waals surface area contributed by atoms with Crippen LogP contribution in [0.2, 0.25) is 5.02 Å². The largest absolute Gasteiger partial charge is 0.481 e. The molecular formula is C30H32BrClN2O2. The Hall–Kier alpha value is -2.44. The number of benzene rings is 3. The van der Waals surface area contributed by atoms with E-state index in [-0.39, 0.29) is 19.3 Å². The van der Waals surface area contributed by atoms with E-state index in [1.807, 2.05) is 42.5 Å². The van der Waals surface area contributed by atoms with Gasteiger partial charge in [0.2, 0.25) is 5.88 Å². The van der Waals surface area contributed by atoms with E-state index in [4.69, 9.17) is 21.3 Å². The number of halogens is 2. The maximum Gasteiger partial charge on any atom is 0.217 e. The van der Waals surface area contributed by atoms with Gasteiger partial charge in [0.1, 0.15) is 0 Å². The summed E-state index contributed by atoms with van der Waals surface area (Å²) in [7, 11) is 1.64. The lowest BCUT2D eigenvalue weighted by molar-refractivity contribution is -0.0544. The maximum absolute atomic E-state index is 12.6. The number of ether oxygens (including phenoxy) is 1. The molecular weight excluding hydrogens is 536 g/mol. The normalized spacial score (nSPS) is 20.5. The molecule has 3 unspecified atom stereocenters. The maximum atomic E-state index is 12.6. The summed E-state index contributed by atoms with van der Waals surface area (Å²) in [6.45, 7) is 1.46. The zero-order valence-electron chi connectivity index (χ0n) is 19.5. The minimum absolute atomic E-state index is 0. The molecule has 1 aliphatic heterocycles. The SMILES string of the molecule is C.COc1nc2ccc(Br)cc2cc1C(c1ccc(Cl)cc1)C1(O)CCNCC1Cc1ccccc1. The molecule has 4 nitrogen and oxygen atoms in total. The van der Waals surface area contributed by atoms with Gasteiger partial charge in [-0.25, -0.2) is 4.98 Å². The van der Waals surface area contributed by atoms with Crippen LogP contribution in [0.5, 0.6) is 5.88 Å². The molecule has 0 radical (unpaired) electrons. The fourth-order valence-electron chi connectivity index (χ4n) is 5.38. The van der Waals surface area contributed by atoms with Crippen molar-refractivity contribution in [3.63, 3.8) is 0 Å². The van der Waals surface area contributed by atoms with Crippen LogP contribution in [-0.4, -0.2) is 35.9 Å². The third-order valence-electron chi connectivity index (χ3n) is 7.10. The summed E-state index contributed by atoms with van der Waals surface area (Å²) in [5, 5.41) is 17.8. The highest BCUT2D eigenvalue weighted by atomic mass is 79.9. The molecule has 1 saturated heterocycles. The van der Waals surface area contributed by atoms with E-state index in [1.54, 1.807) is 7.11 Å². The molecule has 0 amide bonds. The summed E-state index contributed by atoms with van der Waals surface area (Å²) in [6, 6.07) is 26.3. The first-order chi connectivity index (χ1) is 17.0. The van der Waals surface area contributed by atoms with Crippen LogP contribution in [0.25, 0.3) is 10.9 Å². The van der Waals surface area contributed by atoms with Crippen LogP contribution in [0.15, 0.2) is 83.3 Å². The fraction of sp³-hybridized carbons (Fsp3) is 0.300. The lowest BCUT2D eigenvalue weighted by atomic mass is 9.66. The Morgan fingerprint density at radius 2 is 1.86 bits per heavy atom. The molecule has 4 aromatic rings. The van der Waals surface area contributed by atoms with Crippen molar-refractivity contribution in [1.29, 1.82) is 0 Å². The summed E-state index contributed by atoms with van der Waals surface area (Å²) in [5.74, 6) is 0.175. The summed E-state index contributed by atoms with van der Waals surface area (Å²) in [5.41, 5.74) is 2.90. The molecule has 2 heterocycles. The summed E-state index contributed by atoms with van der Waals surface area (Å²) in [6.07, 6.45) is 1.38. The smallest absolute Gasteiger partial charge is 0.217 e. The molecule has 5 rings (SSSR count). The Morgan fingerprint density at radius 1 is 1.11 bits per heavy atom. The van der Waals surface area contributed by atoms with Gasteiger partial charge in [-0.15, -0.1) is 0 Å². The van der Waals surface area contributed by atoms with Gasteiger partial charge in [0.05, 0.1) is 18.2 Å². The predicted octanol–water partition coefficient (Wildman–Crippen LogP) is 7.01. The quantitative estimate of drug-likeness (QED) is 0.263. The third-order valence-corrected chi connectivity index (χ3v) is 7.85. The molecule has 2 N–H and O–H groups in total. The number of hydrogen-bond donors (Lipinski definition) is 2. The zero-order chi connectivity index (χ0) is 24.4. The number of pyridine rings is 1. The van der Waals surface area contributed by atoms with E-state index in [2.05, 4.69) is 57.6 Å². The van der Waals surface area contributed by atoms with Crippen molar-refractivity contribution in [2.75, 3.05) is 20.2 Å². The molecule has 1 aliphatic rings. The minimum Gasteiger partial charge on any atom is -0.481 e. The second-order valence-corrected chi connectivity index (χ2v) is 10.6. The van der Waals surface area contributed by atoms with Gasteiger partial charge in [-0.3, -0.25) is 0 Å². The molecule has 0 spiro atoms. The highest BCUT2D eigenvalue weighted by Crippen LogP contribution is 2.47. The molecule has 3 aromatic carbocycles. The van der Waals surface area contributed by atoms with Crippen molar-refractivity contribution in [2.45, 2.75) is 31.8 Å². The van der Waals surface area contributed by atoms with Crippen molar-refractivity contribution in [3.8, 4) is 5.88 Å². The fourth-order valence-corrected chi connectivity index (χ4v) is 5.89. The van der Waals surface area contributed by atoms with Crippen LogP contribution in [-0.2, 0) is 6.42 Å². The number of hydrogen-bond acceptors (Lipinski definition) is 4. The number of rotatable bonds is 6. The van der Waals surface area contributed by atoms with Crippen LogP contribution in [0, 0.1) is 5.92 Å². The molecule has 6 heteroatoms. The van der Waals surface area contributed by atoms with E-state index < -0.39 is 5.60 Å². The van der Waals surface area contributed by atoms with Crippen LogP contribution >= 0.6 is 27.5 Å². The van der Waals surface area contributed by atoms with Gasteiger partial charge in [-0.05, 0) is 66.9 Å². The van der Waals surface area contributed by atoms with Gasteiger partial charge < -0.3 is 15.2 Å². The van der Waals surface area contributed by atoms with Gasteiger partial charge in [0, 0.05) is 38.8 Å². The van der Waals surface area contributed by atoms with E-state index in [9.17, 15) is 5.11 Å². The van der Waals surface area contributed by atoms with Gasteiger partial charge in [0.15, 0.2) is 0 Å². The van der Waals surface area contributed by atoms with Crippen LogP contribution in [0.4, 0.5) is 0 Å². The molecule has 36 heavy (non-hydrogen) atoms. The van der Waals surface area contributed by atoms with Crippen molar-refractivity contribution >= 4 is 38.4 Å². The standard InChI is InChI=1S/C29H28BrClN2O2.CH4/c1-35-28-25(17-21-16-23(30)9-12-26(21)33-28)27(20-7-10-24(31)11-8-20)29(34)13-14-32-18-22(29)15-19-5-3-2-4-6-19;/h2-12,16-17,22,27,32,34H,13-15,18H2,1H3;1H4. The van der Waals surface area contributed by atoms with E-state index >= 15 is 0 Å². The number of aliphatic hydroxyl groups is 1. The zero-order valence-corrected chi connectivity index (χ0v) is 21.9. The topological polar surface area (TPSA) is 54.4 Å². The first kappa shape index (κ1) is 26.6. The Kier molecular flexibility index (Phi) is 8.36. The van der Waals surface area contributed by atoms with Gasteiger partial charge >= 0.3 is 0 Å². The Balaban J connectivity index is 0.00000304. The summed E-state index contributed by atoms with van der Waals surface area (Å²) in [4.78, 5) is 4.84. The molecule has 0 aliphatic carbocycles. The first-order valence-electron chi connectivity index (χ1n) is 11.8. The van der Waals surface area contributed by atoms with E-state index in [0.717, 1.165) is 46.0 Å². The monoisotopic (exact) mass is 566 g/mol. The average Bonchev–Trinajstić information content (AvgIpc) is 2.87. The number of fused-ring (bicyclic) bond motifs is 1. The first-order valence-corrected chi connectivity index (χ1v) is 13.0. The second-order valence-electron chi connectivity index (χ2n) is 9.24. The van der Waals surface area contributed by atoms with Crippen LogP contribution in [0.1, 0.15) is 36.5 Å². The highest BCUT2D eigenvalue weighted by molar-refractivity contribution is 9.10. The lowest BCUT2D eigenvalue weighted by Crippen LogP contribution is -2.54. The molecule has 0 bridgehead atoms. The third kappa shape index (κ3) is 5.30. The van der Waals surface area contributed by atoms with Crippen LogP contribution < -0.4 is 10.1 Å². The Labute approximate surface area is 226 Å². The lowest BCUT2D eigenvalue weighted by Gasteiger charge is -2.46. The number of nitrogens with one attached hydrogen (secondary N) is 1. The van der Waals surface area contributed by atoms with E-state index in [0.29, 0.717) is 17.3 Å². The number of nitrogens with zero attached hydrogens (tertiary/aromatic N) is 1. The highest BCUT2D eigenvalue weighted by Gasteiger charge is 2.47. The van der Waals surface area contributed by atoms with Gasteiger partial charge in [-0.2, -0.15) is 0 Å². The van der Waals surface area contributed by atoms with Crippen molar-refractivity contribution < 1.29 is 9.84 Å². The Morgan fingerprint density at radius 3 is 2.58 bits per heavy atom. The number of methoxy groups -OCH3 is 1. The number of aromatic nitrogens is 1. The molecule has 0 saturated carbocycles. The van der Waals surface area contributed by atoms with Gasteiger partial charge in [0.25, 0.3) is 0 Å². The summed E-state index contributed by atoms with van der Waals surface area (Å²) < 4.78 is 6.80. The molecule has 1 fully saturated rings. The Bertz CT molecular complexity index is 1320. The summed E-state index contributed by atoms with van der Waals surface area (Å²) >= 11 is 9.84. The molecule has 1 aromatic heterocycles. The van der Waals surface area contributed by atoms with Crippen LogP contribution in [0.3, 0.4) is 0 Å². The predicted molar refractivity (Wildman–Crippen MR) is 152 cm³/mol. The van der Waals surface area contributed by atoms with E-state index in [1.165, 1.54) is 5.56 Å². The minimum atomic E-state index is -1.02. The van der Waals surface area contributed by atoms with Crippen molar-refractivity contribution in [2.24, 2.45) is 5.92 Å². The molecule has 3 atom stereocenters. The number of piperidine rings is 1. The van der Waals surface area contributed by atoms with Crippen molar-refractivity contribution in [1.82, 2.24) is 10.3 Å². The van der Waals surface area contributed by atoms with Gasteiger partial charge in [-0.1, -0.05) is 77.4 Å².